The van der Waals surface area contributed by atoms with Gasteiger partial charge in [0.1, 0.15) is 6.04 Å². The Morgan fingerprint density at radius 3 is 2.83 bits per heavy atom. The molecule has 5 nitrogen and oxygen atoms in total. The Bertz CT molecular complexity index is 324. The number of rotatable bonds is 4. The van der Waals surface area contributed by atoms with Gasteiger partial charge in [0.15, 0.2) is 0 Å². The predicted octanol–water partition coefficient (Wildman–Crippen LogP) is 0.396. The summed E-state index contributed by atoms with van der Waals surface area (Å²) >= 11 is 0. The van der Waals surface area contributed by atoms with E-state index in [1.165, 1.54) is 0 Å². The number of nitrogens with zero attached hydrogens (tertiary/aromatic N) is 1. The van der Waals surface area contributed by atoms with Crippen LogP contribution < -0.4 is 5.32 Å². The molecule has 2 amide bonds. The van der Waals surface area contributed by atoms with Gasteiger partial charge in [0, 0.05) is 19.1 Å². The van der Waals surface area contributed by atoms with Crippen molar-refractivity contribution < 1.29 is 14.3 Å². The molecular weight excluding hydrogens is 232 g/mol. The molecular formula is C13H22N2O3. The van der Waals surface area contributed by atoms with Crippen molar-refractivity contribution in [1.82, 2.24) is 10.2 Å². The molecule has 102 valence electrons. The van der Waals surface area contributed by atoms with Gasteiger partial charge in [-0.1, -0.05) is 13.8 Å². The maximum atomic E-state index is 12.3. The zero-order valence-electron chi connectivity index (χ0n) is 11.1. The highest BCUT2D eigenvalue weighted by atomic mass is 16.5. The SMILES string of the molecule is CC(C)CC1NC(=O)CN(CC2CCOC2)C1=O. The van der Waals surface area contributed by atoms with Gasteiger partial charge in [-0.05, 0) is 18.8 Å². The largest absolute Gasteiger partial charge is 0.381 e. The van der Waals surface area contributed by atoms with Crippen LogP contribution in [-0.2, 0) is 14.3 Å². The normalized spacial score (nSPS) is 28.9. The molecule has 2 saturated heterocycles. The third-order valence-corrected chi connectivity index (χ3v) is 3.49. The van der Waals surface area contributed by atoms with E-state index in [0.717, 1.165) is 13.0 Å². The monoisotopic (exact) mass is 254 g/mol. The molecule has 2 aliphatic heterocycles. The Labute approximate surface area is 108 Å². The lowest BCUT2D eigenvalue weighted by molar-refractivity contribution is -0.145. The number of amides is 2. The van der Waals surface area contributed by atoms with E-state index in [1.807, 2.05) is 0 Å². The fraction of sp³-hybridized carbons (Fsp3) is 0.846. The molecule has 2 heterocycles. The van der Waals surface area contributed by atoms with Crippen LogP contribution in [0.5, 0.6) is 0 Å². The number of nitrogens with one attached hydrogen (secondary N) is 1. The predicted molar refractivity (Wildman–Crippen MR) is 66.9 cm³/mol. The number of piperazine rings is 1. The molecule has 18 heavy (non-hydrogen) atoms. The fourth-order valence-electron chi connectivity index (χ4n) is 2.60. The summed E-state index contributed by atoms with van der Waals surface area (Å²) in [7, 11) is 0. The van der Waals surface area contributed by atoms with Crippen LogP contribution in [0.1, 0.15) is 26.7 Å². The van der Waals surface area contributed by atoms with E-state index in [0.29, 0.717) is 31.4 Å². The number of carbonyl (C=O) groups is 2. The lowest BCUT2D eigenvalue weighted by atomic mass is 10.00. The lowest BCUT2D eigenvalue weighted by Gasteiger charge is -2.34. The van der Waals surface area contributed by atoms with Gasteiger partial charge in [0.05, 0.1) is 13.2 Å². The maximum Gasteiger partial charge on any atom is 0.245 e. The van der Waals surface area contributed by atoms with Crippen LogP contribution in [0.4, 0.5) is 0 Å². The summed E-state index contributed by atoms with van der Waals surface area (Å²) in [5.41, 5.74) is 0. The minimum absolute atomic E-state index is 0.0424. The van der Waals surface area contributed by atoms with Crippen molar-refractivity contribution in [3.63, 3.8) is 0 Å². The quantitative estimate of drug-likeness (QED) is 0.790. The standard InChI is InChI=1S/C13H22N2O3/c1-9(2)5-11-13(17)15(7-12(16)14-11)6-10-3-4-18-8-10/h9-11H,3-8H2,1-2H3,(H,14,16). The van der Waals surface area contributed by atoms with Gasteiger partial charge in [-0.2, -0.15) is 0 Å². The molecule has 0 radical (unpaired) electrons. The van der Waals surface area contributed by atoms with Gasteiger partial charge in [-0.15, -0.1) is 0 Å². The van der Waals surface area contributed by atoms with Crippen molar-refractivity contribution in [3.05, 3.63) is 0 Å². The number of hydrogen-bond acceptors (Lipinski definition) is 3. The molecule has 0 aromatic rings. The molecule has 2 fully saturated rings. The van der Waals surface area contributed by atoms with Crippen molar-refractivity contribution in [1.29, 1.82) is 0 Å². The average Bonchev–Trinajstić information content (AvgIpc) is 2.77. The molecule has 0 aromatic carbocycles. The Kier molecular flexibility index (Phi) is 4.22. The van der Waals surface area contributed by atoms with Crippen molar-refractivity contribution in [2.75, 3.05) is 26.3 Å². The summed E-state index contributed by atoms with van der Waals surface area (Å²) in [5, 5.41) is 2.79. The lowest BCUT2D eigenvalue weighted by Crippen LogP contribution is -2.59. The summed E-state index contributed by atoms with van der Waals surface area (Å²) in [4.78, 5) is 25.6. The zero-order valence-corrected chi connectivity index (χ0v) is 11.1. The van der Waals surface area contributed by atoms with Gasteiger partial charge in [-0.3, -0.25) is 9.59 Å². The van der Waals surface area contributed by atoms with Crippen molar-refractivity contribution in [2.45, 2.75) is 32.7 Å². The summed E-state index contributed by atoms with van der Waals surface area (Å²) in [6, 6.07) is -0.339. The summed E-state index contributed by atoms with van der Waals surface area (Å²) in [6.45, 7) is 6.45. The smallest absolute Gasteiger partial charge is 0.245 e. The Morgan fingerprint density at radius 2 is 2.22 bits per heavy atom. The highest BCUT2D eigenvalue weighted by molar-refractivity contribution is 5.94. The van der Waals surface area contributed by atoms with Crippen LogP contribution in [0, 0.1) is 11.8 Å². The first kappa shape index (κ1) is 13.3. The van der Waals surface area contributed by atoms with Gasteiger partial charge < -0.3 is 15.0 Å². The molecule has 0 aromatic heterocycles. The summed E-state index contributed by atoms with van der Waals surface area (Å²) in [5.74, 6) is 0.808. The van der Waals surface area contributed by atoms with Crippen LogP contribution in [0.3, 0.4) is 0 Å². The molecule has 2 aliphatic rings. The first-order valence-corrected chi connectivity index (χ1v) is 6.72. The van der Waals surface area contributed by atoms with Crippen molar-refractivity contribution in [3.8, 4) is 0 Å². The van der Waals surface area contributed by atoms with Gasteiger partial charge in [0.2, 0.25) is 11.8 Å². The second kappa shape index (κ2) is 5.69. The third-order valence-electron chi connectivity index (χ3n) is 3.49. The number of ether oxygens (including phenoxy) is 1. The van der Waals surface area contributed by atoms with E-state index in [9.17, 15) is 9.59 Å². The Hall–Kier alpha value is -1.10. The minimum Gasteiger partial charge on any atom is -0.381 e. The van der Waals surface area contributed by atoms with Crippen LogP contribution in [0.15, 0.2) is 0 Å². The van der Waals surface area contributed by atoms with Crippen LogP contribution in [0.25, 0.3) is 0 Å². The number of hydrogen-bond donors (Lipinski definition) is 1. The highest BCUT2D eigenvalue weighted by Gasteiger charge is 2.34. The first-order valence-electron chi connectivity index (χ1n) is 6.72. The second-order valence-corrected chi connectivity index (χ2v) is 5.70. The van der Waals surface area contributed by atoms with Crippen molar-refractivity contribution in [2.24, 2.45) is 11.8 Å². The molecule has 0 aliphatic carbocycles. The second-order valence-electron chi connectivity index (χ2n) is 5.70. The van der Waals surface area contributed by atoms with E-state index < -0.39 is 0 Å². The van der Waals surface area contributed by atoms with Crippen LogP contribution in [0.2, 0.25) is 0 Å². The molecule has 2 rings (SSSR count). The van der Waals surface area contributed by atoms with Crippen LogP contribution >= 0.6 is 0 Å². The molecule has 1 N–H and O–H groups in total. The highest BCUT2D eigenvalue weighted by Crippen LogP contribution is 2.17. The van der Waals surface area contributed by atoms with Gasteiger partial charge in [-0.25, -0.2) is 0 Å². The first-order chi connectivity index (χ1) is 8.56. The van der Waals surface area contributed by atoms with Crippen molar-refractivity contribution >= 4 is 11.8 Å². The van der Waals surface area contributed by atoms with E-state index >= 15 is 0 Å². The molecule has 2 unspecified atom stereocenters. The van der Waals surface area contributed by atoms with Crippen LogP contribution in [-0.4, -0.2) is 49.1 Å². The van der Waals surface area contributed by atoms with Gasteiger partial charge >= 0.3 is 0 Å². The summed E-state index contributed by atoms with van der Waals surface area (Å²) < 4.78 is 5.31. The molecule has 0 saturated carbocycles. The topological polar surface area (TPSA) is 58.6 Å². The molecule has 5 heteroatoms. The summed E-state index contributed by atoms with van der Waals surface area (Å²) in [6.07, 6.45) is 1.70. The molecule has 0 bridgehead atoms. The van der Waals surface area contributed by atoms with Gasteiger partial charge in [0.25, 0.3) is 0 Å². The Balaban J connectivity index is 1.95. The zero-order chi connectivity index (χ0) is 13.1. The maximum absolute atomic E-state index is 12.3. The van der Waals surface area contributed by atoms with E-state index in [4.69, 9.17) is 4.74 Å². The van der Waals surface area contributed by atoms with E-state index in [-0.39, 0.29) is 24.4 Å². The fourth-order valence-corrected chi connectivity index (χ4v) is 2.60. The van der Waals surface area contributed by atoms with E-state index in [2.05, 4.69) is 19.2 Å². The molecule has 0 spiro atoms. The minimum atomic E-state index is -0.339. The van der Waals surface area contributed by atoms with E-state index in [1.54, 1.807) is 4.90 Å². The third kappa shape index (κ3) is 3.22. The average molecular weight is 254 g/mol. The Morgan fingerprint density at radius 1 is 1.44 bits per heavy atom. The molecule has 2 atom stereocenters. The number of carbonyl (C=O) groups excluding carboxylic acids is 2.